The number of hydrogen-bond donors (Lipinski definition) is 1. The van der Waals surface area contributed by atoms with E-state index in [9.17, 15) is 4.79 Å². The van der Waals surface area contributed by atoms with Crippen LogP contribution in [0.1, 0.15) is 0 Å². The maximum Gasteiger partial charge on any atom is 0.234 e. The number of thioether (sulfide) groups is 1. The van der Waals surface area contributed by atoms with Crippen molar-refractivity contribution in [2.45, 2.75) is 4.34 Å². The monoisotopic (exact) mass is 387 g/mol. The second kappa shape index (κ2) is 8.68. The minimum atomic E-state index is -0.124. The second-order valence-corrected chi connectivity index (χ2v) is 7.12. The van der Waals surface area contributed by atoms with E-state index in [4.69, 9.17) is 9.47 Å². The van der Waals surface area contributed by atoms with Crippen LogP contribution in [0.15, 0.2) is 52.9 Å². The molecular formula is C18H17N3O3S2. The maximum atomic E-state index is 12.2. The van der Waals surface area contributed by atoms with Crippen molar-refractivity contribution in [2.75, 3.05) is 25.3 Å². The summed E-state index contributed by atoms with van der Waals surface area (Å²) in [4.78, 5) is 16.6. The third-order valence-electron chi connectivity index (χ3n) is 3.46. The summed E-state index contributed by atoms with van der Waals surface area (Å²) in [6.07, 6.45) is 0. The van der Waals surface area contributed by atoms with Gasteiger partial charge in [0.15, 0.2) is 10.2 Å². The summed E-state index contributed by atoms with van der Waals surface area (Å²) in [7, 11) is 3.20. The number of carbonyl (C=O) groups is 1. The van der Waals surface area contributed by atoms with Gasteiger partial charge in [-0.15, -0.1) is 0 Å². The highest BCUT2D eigenvalue weighted by Crippen LogP contribution is 2.27. The van der Waals surface area contributed by atoms with Gasteiger partial charge in [-0.2, -0.15) is 4.37 Å². The Morgan fingerprint density at radius 3 is 2.62 bits per heavy atom. The Morgan fingerprint density at radius 2 is 1.88 bits per heavy atom. The first-order valence-corrected chi connectivity index (χ1v) is 9.49. The molecule has 0 fully saturated rings. The number of benzene rings is 2. The van der Waals surface area contributed by atoms with Crippen LogP contribution in [0.25, 0.3) is 11.4 Å². The molecule has 1 amide bonds. The molecule has 0 saturated heterocycles. The van der Waals surface area contributed by atoms with Crippen LogP contribution in [0.2, 0.25) is 0 Å². The molecule has 26 heavy (non-hydrogen) atoms. The van der Waals surface area contributed by atoms with Gasteiger partial charge < -0.3 is 14.8 Å². The van der Waals surface area contributed by atoms with Gasteiger partial charge in [0.2, 0.25) is 5.91 Å². The normalized spacial score (nSPS) is 10.4. The van der Waals surface area contributed by atoms with E-state index >= 15 is 0 Å². The summed E-state index contributed by atoms with van der Waals surface area (Å²) in [5.41, 5.74) is 1.56. The zero-order valence-corrected chi connectivity index (χ0v) is 15.9. The van der Waals surface area contributed by atoms with Crippen molar-refractivity contribution in [3.63, 3.8) is 0 Å². The van der Waals surface area contributed by atoms with Gasteiger partial charge in [-0.3, -0.25) is 4.79 Å². The van der Waals surface area contributed by atoms with Gasteiger partial charge in [0, 0.05) is 5.56 Å². The molecule has 0 unspecified atom stereocenters. The van der Waals surface area contributed by atoms with Crippen molar-refractivity contribution >= 4 is 34.9 Å². The van der Waals surface area contributed by atoms with E-state index in [-0.39, 0.29) is 11.7 Å². The number of anilines is 1. The average Bonchev–Trinajstić information content (AvgIpc) is 3.16. The Hall–Kier alpha value is -2.58. The van der Waals surface area contributed by atoms with Crippen LogP contribution in [0.4, 0.5) is 5.69 Å². The number of para-hydroxylation sites is 2. The lowest BCUT2D eigenvalue weighted by Gasteiger charge is -2.08. The van der Waals surface area contributed by atoms with E-state index < -0.39 is 0 Å². The standard InChI is InChI=1S/C18H17N3O3S2/c1-23-13-9-7-12(8-10-13)17-20-18(26-21-17)25-11-16(22)19-14-5-3-4-6-15(14)24-2/h3-10H,11H2,1-2H3,(H,19,22). The molecule has 2 aromatic carbocycles. The topological polar surface area (TPSA) is 73.3 Å². The molecule has 3 rings (SSSR count). The lowest BCUT2D eigenvalue weighted by Crippen LogP contribution is -2.14. The summed E-state index contributed by atoms with van der Waals surface area (Å²) in [5.74, 6) is 2.18. The quantitative estimate of drug-likeness (QED) is 0.619. The SMILES string of the molecule is COc1ccc(-c2nsc(SCC(=O)Nc3ccccc3OC)n2)cc1. The largest absolute Gasteiger partial charge is 0.497 e. The molecule has 8 heteroatoms. The van der Waals surface area contributed by atoms with E-state index in [1.807, 2.05) is 36.4 Å². The predicted molar refractivity (Wildman–Crippen MR) is 104 cm³/mol. The summed E-state index contributed by atoms with van der Waals surface area (Å²) in [6.45, 7) is 0. The third-order valence-corrected chi connectivity index (χ3v) is 5.30. The van der Waals surface area contributed by atoms with E-state index in [1.165, 1.54) is 23.3 Å². The molecule has 1 aromatic heterocycles. The minimum absolute atomic E-state index is 0.124. The Balaban J connectivity index is 1.58. The number of rotatable bonds is 7. The van der Waals surface area contributed by atoms with Gasteiger partial charge in [0.25, 0.3) is 0 Å². The van der Waals surface area contributed by atoms with Crippen molar-refractivity contribution in [2.24, 2.45) is 0 Å². The molecule has 0 spiro atoms. The van der Waals surface area contributed by atoms with Crippen LogP contribution in [0.3, 0.4) is 0 Å². The highest BCUT2D eigenvalue weighted by molar-refractivity contribution is 8.01. The number of nitrogens with one attached hydrogen (secondary N) is 1. The fourth-order valence-corrected chi connectivity index (χ4v) is 3.60. The molecule has 1 N–H and O–H groups in total. The Bertz CT molecular complexity index is 881. The van der Waals surface area contributed by atoms with E-state index in [0.717, 1.165) is 15.7 Å². The first-order valence-electron chi connectivity index (χ1n) is 7.73. The lowest BCUT2D eigenvalue weighted by molar-refractivity contribution is -0.113. The molecular weight excluding hydrogens is 370 g/mol. The van der Waals surface area contributed by atoms with E-state index in [1.54, 1.807) is 26.4 Å². The summed E-state index contributed by atoms with van der Waals surface area (Å²) >= 11 is 2.63. The molecule has 0 atom stereocenters. The maximum absolute atomic E-state index is 12.2. The number of methoxy groups -OCH3 is 2. The van der Waals surface area contributed by atoms with Crippen molar-refractivity contribution in [1.82, 2.24) is 9.36 Å². The summed E-state index contributed by atoms with van der Waals surface area (Å²) < 4.78 is 15.5. The van der Waals surface area contributed by atoms with Gasteiger partial charge in [-0.05, 0) is 47.9 Å². The molecule has 0 bridgehead atoms. The molecule has 0 aliphatic carbocycles. The van der Waals surface area contributed by atoms with Crippen LogP contribution >= 0.6 is 23.3 Å². The summed E-state index contributed by atoms with van der Waals surface area (Å²) in [6, 6.07) is 14.8. The van der Waals surface area contributed by atoms with Gasteiger partial charge in [-0.25, -0.2) is 4.98 Å². The number of nitrogens with zero attached hydrogens (tertiary/aromatic N) is 2. The van der Waals surface area contributed by atoms with Crippen LogP contribution in [-0.2, 0) is 4.79 Å². The van der Waals surface area contributed by atoms with E-state index in [2.05, 4.69) is 14.7 Å². The number of carbonyl (C=O) groups excluding carboxylic acids is 1. The molecule has 0 radical (unpaired) electrons. The number of amides is 1. The van der Waals surface area contributed by atoms with Crippen molar-refractivity contribution in [1.29, 1.82) is 0 Å². The second-order valence-electron chi connectivity index (χ2n) is 5.15. The molecule has 3 aromatic rings. The zero-order chi connectivity index (χ0) is 18.4. The predicted octanol–water partition coefficient (Wildman–Crippen LogP) is 3.95. The minimum Gasteiger partial charge on any atom is -0.497 e. The molecule has 0 aliphatic heterocycles. The van der Waals surface area contributed by atoms with Crippen LogP contribution in [0.5, 0.6) is 11.5 Å². The van der Waals surface area contributed by atoms with Crippen LogP contribution in [-0.4, -0.2) is 35.2 Å². The average molecular weight is 387 g/mol. The van der Waals surface area contributed by atoms with Gasteiger partial charge in [0.05, 0.1) is 25.7 Å². The van der Waals surface area contributed by atoms with Crippen molar-refractivity contribution in [3.8, 4) is 22.9 Å². The fraction of sp³-hybridized carbons (Fsp3) is 0.167. The number of ether oxygens (including phenoxy) is 2. The molecule has 0 saturated carbocycles. The van der Waals surface area contributed by atoms with Gasteiger partial charge in [0.1, 0.15) is 11.5 Å². The number of aromatic nitrogens is 2. The molecule has 6 nitrogen and oxygen atoms in total. The molecule has 134 valence electrons. The summed E-state index contributed by atoms with van der Waals surface area (Å²) in [5, 5.41) is 2.84. The Kier molecular flexibility index (Phi) is 6.08. The van der Waals surface area contributed by atoms with Crippen molar-refractivity contribution in [3.05, 3.63) is 48.5 Å². The van der Waals surface area contributed by atoms with E-state index in [0.29, 0.717) is 17.3 Å². The smallest absolute Gasteiger partial charge is 0.234 e. The highest BCUT2D eigenvalue weighted by Gasteiger charge is 2.11. The first kappa shape index (κ1) is 18.2. The molecule has 1 heterocycles. The number of hydrogen-bond acceptors (Lipinski definition) is 7. The molecule has 0 aliphatic rings. The first-order chi connectivity index (χ1) is 12.7. The van der Waals surface area contributed by atoms with Gasteiger partial charge >= 0.3 is 0 Å². The van der Waals surface area contributed by atoms with Gasteiger partial charge in [-0.1, -0.05) is 23.9 Å². The zero-order valence-electron chi connectivity index (χ0n) is 14.3. The third kappa shape index (κ3) is 4.53. The van der Waals surface area contributed by atoms with Crippen LogP contribution < -0.4 is 14.8 Å². The lowest BCUT2D eigenvalue weighted by atomic mass is 10.2. The Labute approximate surface area is 159 Å². The van der Waals surface area contributed by atoms with Crippen molar-refractivity contribution < 1.29 is 14.3 Å². The highest BCUT2D eigenvalue weighted by atomic mass is 32.2. The van der Waals surface area contributed by atoms with Crippen LogP contribution in [0, 0.1) is 0 Å². The fourth-order valence-electron chi connectivity index (χ4n) is 2.19. The Morgan fingerprint density at radius 1 is 1.12 bits per heavy atom.